The minimum Gasteiger partial charge on any atom is -0.374 e. The van der Waals surface area contributed by atoms with Crippen LogP contribution in [0.3, 0.4) is 0 Å². The number of benzene rings is 1. The van der Waals surface area contributed by atoms with Gasteiger partial charge in [-0.2, -0.15) is 0 Å². The maximum absolute atomic E-state index is 5.98. The highest BCUT2D eigenvalue weighted by atomic mass is 16.5. The Hall–Kier alpha value is -1.08. The second kappa shape index (κ2) is 10.3. The topological polar surface area (TPSA) is 9.23 Å². The van der Waals surface area contributed by atoms with Crippen molar-refractivity contribution in [1.82, 2.24) is 0 Å². The zero-order valence-electron chi connectivity index (χ0n) is 18.7. The van der Waals surface area contributed by atoms with Crippen LogP contribution in [0.25, 0.3) is 0 Å². The second-order valence-corrected chi connectivity index (χ2v) is 10.2. The molecule has 0 N–H and O–H groups in total. The molecule has 1 aromatic carbocycles. The highest BCUT2D eigenvalue weighted by Crippen LogP contribution is 2.47. The predicted octanol–water partition coefficient (Wildman–Crippen LogP) is 7.63. The van der Waals surface area contributed by atoms with Gasteiger partial charge in [0.25, 0.3) is 0 Å². The molecule has 1 aromatic rings. The molecule has 1 nitrogen and oxygen atoms in total. The monoisotopic (exact) mass is 394 g/mol. The third-order valence-corrected chi connectivity index (χ3v) is 8.26. The standard InChI is InChI=1S/C28H42O/c1-3-5-6-7-21-8-9-23-18-24(11-10-22(23)17-21)25-12-13-27-20-28(29-16-4-2)15-14-26(27)19-25/h4,10-11,18,21,25-28H,2-3,5-9,12-17,19-20H2,1H3. The summed E-state index contributed by atoms with van der Waals surface area (Å²) < 4.78 is 5.98. The van der Waals surface area contributed by atoms with Crippen LogP contribution in [0.15, 0.2) is 30.9 Å². The van der Waals surface area contributed by atoms with Crippen molar-refractivity contribution in [2.75, 3.05) is 6.61 Å². The van der Waals surface area contributed by atoms with E-state index in [9.17, 15) is 0 Å². The lowest BCUT2D eigenvalue weighted by atomic mass is 9.65. The van der Waals surface area contributed by atoms with Gasteiger partial charge in [-0.05, 0) is 98.1 Å². The summed E-state index contributed by atoms with van der Waals surface area (Å²) in [5.74, 6) is 3.57. The van der Waals surface area contributed by atoms with E-state index >= 15 is 0 Å². The minimum absolute atomic E-state index is 0.486. The fraction of sp³-hybridized carbons (Fsp3) is 0.714. The average Bonchev–Trinajstić information content (AvgIpc) is 2.77. The van der Waals surface area contributed by atoms with Crippen LogP contribution in [0.1, 0.15) is 100 Å². The average molecular weight is 395 g/mol. The normalized spacial score (nSPS) is 31.7. The quantitative estimate of drug-likeness (QED) is 0.325. The van der Waals surface area contributed by atoms with E-state index in [1.807, 2.05) is 6.08 Å². The summed E-state index contributed by atoms with van der Waals surface area (Å²) in [6, 6.07) is 7.61. The van der Waals surface area contributed by atoms with Crippen LogP contribution in [0.4, 0.5) is 0 Å². The highest BCUT2D eigenvalue weighted by molar-refractivity contribution is 5.36. The molecule has 0 heterocycles. The number of unbranched alkanes of at least 4 members (excludes halogenated alkanes) is 2. The smallest absolute Gasteiger partial charge is 0.0648 e. The summed E-state index contributed by atoms with van der Waals surface area (Å²) in [7, 11) is 0. The first-order valence-corrected chi connectivity index (χ1v) is 12.6. The number of hydrogen-bond acceptors (Lipinski definition) is 1. The van der Waals surface area contributed by atoms with Crippen molar-refractivity contribution in [3.8, 4) is 0 Å². The van der Waals surface area contributed by atoms with Crippen molar-refractivity contribution in [2.24, 2.45) is 17.8 Å². The molecule has 0 spiro atoms. The summed E-state index contributed by atoms with van der Waals surface area (Å²) in [4.78, 5) is 0. The summed E-state index contributed by atoms with van der Waals surface area (Å²) in [5, 5.41) is 0. The van der Waals surface area contributed by atoms with Gasteiger partial charge in [0.05, 0.1) is 12.7 Å². The molecule has 3 aliphatic rings. The van der Waals surface area contributed by atoms with Gasteiger partial charge in [-0.1, -0.05) is 56.9 Å². The fourth-order valence-corrected chi connectivity index (χ4v) is 6.54. The molecule has 1 heteroatoms. The molecule has 4 rings (SSSR count). The Morgan fingerprint density at radius 2 is 1.86 bits per heavy atom. The molecule has 160 valence electrons. The summed E-state index contributed by atoms with van der Waals surface area (Å²) in [5.41, 5.74) is 4.99. The second-order valence-electron chi connectivity index (χ2n) is 10.2. The van der Waals surface area contributed by atoms with E-state index in [1.54, 1.807) is 16.7 Å². The zero-order chi connectivity index (χ0) is 20.1. The van der Waals surface area contributed by atoms with Crippen LogP contribution in [-0.4, -0.2) is 12.7 Å². The summed E-state index contributed by atoms with van der Waals surface area (Å²) in [6.45, 7) is 6.83. The first-order chi connectivity index (χ1) is 14.3. The van der Waals surface area contributed by atoms with Gasteiger partial charge >= 0.3 is 0 Å². The molecule has 0 radical (unpaired) electrons. The number of aryl methyl sites for hydroxylation is 1. The van der Waals surface area contributed by atoms with E-state index in [0.717, 1.165) is 30.3 Å². The van der Waals surface area contributed by atoms with Crippen molar-refractivity contribution in [1.29, 1.82) is 0 Å². The lowest BCUT2D eigenvalue weighted by Crippen LogP contribution is -2.33. The Labute approximate surface area is 179 Å². The van der Waals surface area contributed by atoms with Crippen LogP contribution in [0.5, 0.6) is 0 Å². The lowest BCUT2D eigenvalue weighted by Gasteiger charge is -2.42. The van der Waals surface area contributed by atoms with Gasteiger partial charge in [-0.3, -0.25) is 0 Å². The number of fused-ring (bicyclic) bond motifs is 2. The Morgan fingerprint density at radius 3 is 2.72 bits per heavy atom. The number of rotatable bonds is 8. The Kier molecular flexibility index (Phi) is 7.51. The van der Waals surface area contributed by atoms with E-state index < -0.39 is 0 Å². The molecule has 0 aromatic heterocycles. The molecule has 29 heavy (non-hydrogen) atoms. The number of ether oxygens (including phenoxy) is 1. The van der Waals surface area contributed by atoms with E-state index in [4.69, 9.17) is 4.74 Å². The minimum atomic E-state index is 0.486. The molecular weight excluding hydrogens is 352 g/mol. The van der Waals surface area contributed by atoms with E-state index in [0.29, 0.717) is 6.10 Å². The third kappa shape index (κ3) is 5.35. The van der Waals surface area contributed by atoms with E-state index in [2.05, 4.69) is 31.7 Å². The molecule has 0 saturated heterocycles. The van der Waals surface area contributed by atoms with Gasteiger partial charge in [-0.25, -0.2) is 0 Å². The first kappa shape index (κ1) is 21.2. The molecule has 5 unspecified atom stereocenters. The molecular formula is C28H42O. The van der Waals surface area contributed by atoms with Crippen molar-refractivity contribution >= 4 is 0 Å². The molecule has 2 fully saturated rings. The van der Waals surface area contributed by atoms with Crippen LogP contribution >= 0.6 is 0 Å². The molecule has 0 aliphatic heterocycles. The molecule has 0 bridgehead atoms. The lowest BCUT2D eigenvalue weighted by molar-refractivity contribution is -0.00310. The highest BCUT2D eigenvalue weighted by Gasteiger charge is 2.36. The van der Waals surface area contributed by atoms with E-state index in [1.165, 1.54) is 83.5 Å². The van der Waals surface area contributed by atoms with Gasteiger partial charge in [0.1, 0.15) is 0 Å². The van der Waals surface area contributed by atoms with Crippen molar-refractivity contribution in [2.45, 2.75) is 102 Å². The SMILES string of the molecule is C=CCOC1CCC2CC(c3ccc4c(c3)CCC(CCCCC)C4)CCC2C1. The molecule has 2 saturated carbocycles. The zero-order valence-corrected chi connectivity index (χ0v) is 18.7. The molecule has 3 aliphatic carbocycles. The van der Waals surface area contributed by atoms with Gasteiger partial charge < -0.3 is 4.74 Å². The summed E-state index contributed by atoms with van der Waals surface area (Å²) in [6.07, 6.45) is 20.2. The third-order valence-electron chi connectivity index (χ3n) is 8.26. The Morgan fingerprint density at radius 1 is 1.00 bits per heavy atom. The van der Waals surface area contributed by atoms with Crippen LogP contribution < -0.4 is 0 Å². The maximum atomic E-state index is 5.98. The van der Waals surface area contributed by atoms with Crippen LogP contribution in [0, 0.1) is 17.8 Å². The van der Waals surface area contributed by atoms with Crippen molar-refractivity contribution < 1.29 is 4.74 Å². The maximum Gasteiger partial charge on any atom is 0.0648 e. The van der Waals surface area contributed by atoms with Crippen LogP contribution in [-0.2, 0) is 17.6 Å². The Balaban J connectivity index is 1.32. The largest absolute Gasteiger partial charge is 0.374 e. The fourth-order valence-electron chi connectivity index (χ4n) is 6.54. The number of hydrogen-bond donors (Lipinski definition) is 0. The Bertz CT molecular complexity index is 662. The molecule has 0 amide bonds. The van der Waals surface area contributed by atoms with Gasteiger partial charge in [0.2, 0.25) is 0 Å². The van der Waals surface area contributed by atoms with Gasteiger partial charge in [0, 0.05) is 0 Å². The predicted molar refractivity (Wildman–Crippen MR) is 123 cm³/mol. The van der Waals surface area contributed by atoms with Crippen molar-refractivity contribution in [3.63, 3.8) is 0 Å². The van der Waals surface area contributed by atoms with Gasteiger partial charge in [0.15, 0.2) is 0 Å². The first-order valence-electron chi connectivity index (χ1n) is 12.6. The van der Waals surface area contributed by atoms with Gasteiger partial charge in [-0.15, -0.1) is 6.58 Å². The summed E-state index contributed by atoms with van der Waals surface area (Å²) >= 11 is 0. The van der Waals surface area contributed by atoms with Crippen molar-refractivity contribution in [3.05, 3.63) is 47.5 Å². The van der Waals surface area contributed by atoms with E-state index in [-0.39, 0.29) is 0 Å². The molecule has 5 atom stereocenters. The van der Waals surface area contributed by atoms with Crippen LogP contribution in [0.2, 0.25) is 0 Å².